The zero-order chi connectivity index (χ0) is 14.9. The SMILES string of the molecule is C[C@H](c1cc(N)cc(C(F)(F)F)c1)n1ncccc1=O. The maximum Gasteiger partial charge on any atom is 0.416 e. The third-order valence-corrected chi connectivity index (χ3v) is 2.90. The molecular formula is C13H12F3N3O. The number of aromatic nitrogens is 2. The van der Waals surface area contributed by atoms with Crippen molar-refractivity contribution in [3.05, 3.63) is 58.0 Å². The second-order valence-electron chi connectivity index (χ2n) is 4.37. The minimum absolute atomic E-state index is 0.00865. The molecule has 2 N–H and O–H groups in total. The fraction of sp³-hybridized carbons (Fsp3) is 0.231. The van der Waals surface area contributed by atoms with Crippen LogP contribution < -0.4 is 11.3 Å². The predicted molar refractivity (Wildman–Crippen MR) is 68.2 cm³/mol. The second-order valence-corrected chi connectivity index (χ2v) is 4.37. The summed E-state index contributed by atoms with van der Waals surface area (Å²) in [6.45, 7) is 1.59. The van der Waals surface area contributed by atoms with Gasteiger partial charge in [-0.15, -0.1) is 0 Å². The fourth-order valence-electron chi connectivity index (χ4n) is 1.88. The molecule has 1 aromatic carbocycles. The van der Waals surface area contributed by atoms with Crippen molar-refractivity contribution in [2.24, 2.45) is 0 Å². The summed E-state index contributed by atoms with van der Waals surface area (Å²) < 4.78 is 39.4. The highest BCUT2D eigenvalue weighted by Gasteiger charge is 2.31. The van der Waals surface area contributed by atoms with E-state index in [2.05, 4.69) is 5.10 Å². The first-order valence-electron chi connectivity index (χ1n) is 5.80. The molecule has 0 aliphatic heterocycles. The van der Waals surface area contributed by atoms with Crippen LogP contribution >= 0.6 is 0 Å². The highest BCUT2D eigenvalue weighted by atomic mass is 19.4. The van der Waals surface area contributed by atoms with E-state index in [1.165, 1.54) is 24.4 Å². The van der Waals surface area contributed by atoms with E-state index in [4.69, 9.17) is 5.73 Å². The van der Waals surface area contributed by atoms with Crippen LogP contribution in [0.25, 0.3) is 0 Å². The molecule has 0 saturated heterocycles. The summed E-state index contributed by atoms with van der Waals surface area (Å²) in [7, 11) is 0. The molecule has 2 aromatic rings. The van der Waals surface area contributed by atoms with Crippen molar-refractivity contribution >= 4 is 5.69 Å². The van der Waals surface area contributed by atoms with Gasteiger partial charge in [0.25, 0.3) is 5.56 Å². The zero-order valence-corrected chi connectivity index (χ0v) is 10.6. The average Bonchev–Trinajstić information content (AvgIpc) is 2.37. The molecule has 4 nitrogen and oxygen atoms in total. The lowest BCUT2D eigenvalue weighted by Crippen LogP contribution is -2.25. The van der Waals surface area contributed by atoms with E-state index in [1.54, 1.807) is 6.92 Å². The van der Waals surface area contributed by atoms with Crippen molar-refractivity contribution in [3.63, 3.8) is 0 Å². The van der Waals surface area contributed by atoms with Crippen molar-refractivity contribution < 1.29 is 13.2 Å². The van der Waals surface area contributed by atoms with Crippen molar-refractivity contribution in [1.29, 1.82) is 0 Å². The second kappa shape index (κ2) is 4.99. The van der Waals surface area contributed by atoms with Gasteiger partial charge in [-0.25, -0.2) is 4.68 Å². The van der Waals surface area contributed by atoms with Gasteiger partial charge in [-0.2, -0.15) is 18.3 Å². The Kier molecular flexibility index (Phi) is 3.52. The number of benzene rings is 1. The Bertz CT molecular complexity index is 679. The van der Waals surface area contributed by atoms with Gasteiger partial charge in [-0.3, -0.25) is 4.79 Å². The van der Waals surface area contributed by atoms with Crippen molar-refractivity contribution in [3.8, 4) is 0 Å². The lowest BCUT2D eigenvalue weighted by molar-refractivity contribution is -0.137. The van der Waals surface area contributed by atoms with Gasteiger partial charge in [-0.1, -0.05) is 0 Å². The normalized spacial score (nSPS) is 13.2. The quantitative estimate of drug-likeness (QED) is 0.861. The largest absolute Gasteiger partial charge is 0.416 e. The first-order valence-corrected chi connectivity index (χ1v) is 5.80. The minimum Gasteiger partial charge on any atom is -0.399 e. The number of nitrogens with two attached hydrogens (primary N) is 1. The molecule has 7 heteroatoms. The highest BCUT2D eigenvalue weighted by Crippen LogP contribution is 2.33. The molecule has 0 unspecified atom stereocenters. The lowest BCUT2D eigenvalue weighted by atomic mass is 10.0. The van der Waals surface area contributed by atoms with Crippen LogP contribution in [0.1, 0.15) is 24.1 Å². The van der Waals surface area contributed by atoms with Crippen molar-refractivity contribution in [2.75, 3.05) is 5.73 Å². The van der Waals surface area contributed by atoms with Crippen LogP contribution in [-0.2, 0) is 6.18 Å². The van der Waals surface area contributed by atoms with Gasteiger partial charge in [0, 0.05) is 18.0 Å². The maximum absolute atomic E-state index is 12.8. The van der Waals surface area contributed by atoms with Crippen LogP contribution in [0.15, 0.2) is 41.3 Å². The Morgan fingerprint density at radius 3 is 2.60 bits per heavy atom. The summed E-state index contributed by atoms with van der Waals surface area (Å²) in [5.41, 5.74) is 4.53. The molecule has 0 fully saturated rings. The third kappa shape index (κ3) is 2.81. The molecule has 0 radical (unpaired) electrons. The molecule has 2 rings (SSSR count). The fourth-order valence-corrected chi connectivity index (χ4v) is 1.88. The van der Waals surface area contributed by atoms with Gasteiger partial charge in [0.2, 0.25) is 0 Å². The van der Waals surface area contributed by atoms with Crippen LogP contribution in [0.4, 0.5) is 18.9 Å². The Morgan fingerprint density at radius 1 is 1.30 bits per heavy atom. The van der Waals surface area contributed by atoms with E-state index >= 15 is 0 Å². The number of rotatable bonds is 2. The van der Waals surface area contributed by atoms with Gasteiger partial charge in [0.1, 0.15) is 0 Å². The van der Waals surface area contributed by atoms with E-state index in [9.17, 15) is 18.0 Å². The Hall–Kier alpha value is -2.31. The number of nitrogens with zero attached hydrogens (tertiary/aromatic N) is 2. The third-order valence-electron chi connectivity index (χ3n) is 2.90. The first-order chi connectivity index (χ1) is 9.29. The molecule has 0 bridgehead atoms. The van der Waals surface area contributed by atoms with Crippen molar-refractivity contribution in [1.82, 2.24) is 9.78 Å². The summed E-state index contributed by atoms with van der Waals surface area (Å²) in [5, 5.41) is 3.86. The average molecular weight is 283 g/mol. The van der Waals surface area contributed by atoms with Gasteiger partial charge < -0.3 is 5.73 Å². The summed E-state index contributed by atoms with van der Waals surface area (Å²) in [4.78, 5) is 11.6. The summed E-state index contributed by atoms with van der Waals surface area (Å²) in [6, 6.07) is 5.35. The highest BCUT2D eigenvalue weighted by molar-refractivity contribution is 5.46. The molecular weight excluding hydrogens is 271 g/mol. The minimum atomic E-state index is -4.49. The topological polar surface area (TPSA) is 60.9 Å². The molecule has 0 spiro atoms. The number of nitrogen functional groups attached to an aromatic ring is 1. The molecule has 1 atom stereocenters. The van der Waals surface area contributed by atoms with E-state index < -0.39 is 23.3 Å². The van der Waals surface area contributed by atoms with Crippen LogP contribution in [0, 0.1) is 0 Å². The Balaban J connectivity index is 2.51. The molecule has 106 valence electrons. The van der Waals surface area contributed by atoms with Gasteiger partial charge in [0.15, 0.2) is 0 Å². The summed E-state index contributed by atoms with van der Waals surface area (Å²) in [6.07, 6.45) is -3.09. The molecule has 1 heterocycles. The van der Waals surface area contributed by atoms with Crippen molar-refractivity contribution in [2.45, 2.75) is 19.1 Å². The van der Waals surface area contributed by atoms with Crippen LogP contribution in [-0.4, -0.2) is 9.78 Å². The zero-order valence-electron chi connectivity index (χ0n) is 10.6. The number of hydrogen-bond donors (Lipinski definition) is 1. The van der Waals surface area contributed by atoms with Gasteiger partial charge >= 0.3 is 6.18 Å². The Labute approximate surface area is 112 Å². The van der Waals surface area contributed by atoms with Crippen LogP contribution in [0.5, 0.6) is 0 Å². The van der Waals surface area contributed by atoms with Crippen LogP contribution in [0.2, 0.25) is 0 Å². The Morgan fingerprint density at radius 2 is 2.00 bits per heavy atom. The molecule has 0 amide bonds. The lowest BCUT2D eigenvalue weighted by Gasteiger charge is -2.16. The standard InChI is InChI=1S/C13H12F3N3O/c1-8(19-12(20)3-2-4-18-19)9-5-10(13(14,15)16)7-11(17)6-9/h2-8H,17H2,1H3/t8-/m1/s1. The number of hydrogen-bond acceptors (Lipinski definition) is 3. The number of halogens is 3. The smallest absolute Gasteiger partial charge is 0.399 e. The maximum atomic E-state index is 12.8. The van der Waals surface area contributed by atoms with E-state index in [0.29, 0.717) is 0 Å². The first kappa shape index (κ1) is 14.1. The number of anilines is 1. The summed E-state index contributed by atoms with van der Waals surface area (Å²) >= 11 is 0. The molecule has 20 heavy (non-hydrogen) atoms. The number of alkyl halides is 3. The molecule has 0 aliphatic rings. The van der Waals surface area contributed by atoms with E-state index in [-0.39, 0.29) is 11.3 Å². The van der Waals surface area contributed by atoms with Gasteiger partial charge in [0.05, 0.1) is 11.6 Å². The van der Waals surface area contributed by atoms with E-state index in [1.807, 2.05) is 0 Å². The van der Waals surface area contributed by atoms with E-state index in [0.717, 1.165) is 16.8 Å². The molecule has 0 aliphatic carbocycles. The predicted octanol–water partition coefficient (Wildman–Crippen LogP) is 2.45. The molecule has 0 saturated carbocycles. The molecule has 1 aromatic heterocycles. The van der Waals surface area contributed by atoms with Crippen LogP contribution in [0.3, 0.4) is 0 Å². The van der Waals surface area contributed by atoms with Gasteiger partial charge in [-0.05, 0) is 36.8 Å². The summed E-state index contributed by atoms with van der Waals surface area (Å²) in [5.74, 6) is 0. The monoisotopic (exact) mass is 283 g/mol.